The molecule has 1 aliphatic carbocycles. The summed E-state index contributed by atoms with van der Waals surface area (Å²) < 4.78 is 16.4. The van der Waals surface area contributed by atoms with Crippen molar-refractivity contribution in [3.05, 3.63) is 23.6 Å². The largest absolute Gasteiger partial charge is 0.491 e. The highest BCUT2D eigenvalue weighted by Gasteiger charge is 2.22. The smallest absolute Gasteiger partial charge is 0.325 e. The minimum atomic E-state index is -3.86. The minimum Gasteiger partial charge on any atom is -0.491 e. The lowest BCUT2D eigenvalue weighted by molar-refractivity contribution is -0.137. The van der Waals surface area contributed by atoms with Crippen molar-refractivity contribution in [2.45, 2.75) is 77.6 Å². The van der Waals surface area contributed by atoms with E-state index in [0.717, 1.165) is 44.9 Å². The summed E-state index contributed by atoms with van der Waals surface area (Å²) in [6.45, 7) is 2.18. The number of carbonyl (C=O) groups excluding carboxylic acids is 1. The molecule has 32 heavy (non-hydrogen) atoms. The van der Waals surface area contributed by atoms with Gasteiger partial charge in [0.2, 0.25) is 5.91 Å². The zero-order chi connectivity index (χ0) is 24.0. The number of carboxylic acids is 1. The molecular weight excluding hydrogens is 453 g/mol. The number of aliphatic carboxylic acids is 1. The van der Waals surface area contributed by atoms with Crippen LogP contribution >= 0.6 is 19.8 Å². The number of hydrogen-bond acceptors (Lipinski definition) is 5. The molecule has 0 aromatic rings. The van der Waals surface area contributed by atoms with Crippen molar-refractivity contribution in [3.8, 4) is 0 Å². The van der Waals surface area contributed by atoms with E-state index in [1.165, 1.54) is 0 Å². The normalized spacial score (nSPS) is 16.3. The van der Waals surface area contributed by atoms with Crippen LogP contribution in [0, 0.1) is 5.92 Å². The zero-order valence-electron chi connectivity index (χ0n) is 18.8. The molecule has 1 unspecified atom stereocenters. The van der Waals surface area contributed by atoms with Gasteiger partial charge < -0.3 is 24.9 Å². The summed E-state index contributed by atoms with van der Waals surface area (Å²) in [6, 6.07) is 0. The van der Waals surface area contributed by atoms with Gasteiger partial charge in [-0.1, -0.05) is 63.7 Å². The standard InChI is InChI=1S/C22H36NO7PS/c1-17-13-14-18(30-15-10-12-20(25)26)21(22(17)32)23-19(24)11-8-6-4-2-3-5-7-9-16-31(27,28)29/h13-14,17H,2-12,15-16H2,1H3,(H,23,24)(H,25,26)(H2,27,28,29). The predicted octanol–water partition coefficient (Wildman–Crippen LogP) is 4.46. The molecule has 0 saturated carbocycles. The minimum absolute atomic E-state index is 0.00774. The van der Waals surface area contributed by atoms with Gasteiger partial charge in [-0.3, -0.25) is 14.2 Å². The van der Waals surface area contributed by atoms with E-state index in [9.17, 15) is 14.2 Å². The second-order valence-electron chi connectivity index (χ2n) is 8.11. The van der Waals surface area contributed by atoms with E-state index in [1.54, 1.807) is 6.08 Å². The summed E-state index contributed by atoms with van der Waals surface area (Å²) in [6.07, 6.45) is 11.6. The lowest BCUT2D eigenvalue weighted by Crippen LogP contribution is -2.32. The Morgan fingerprint density at radius 2 is 1.62 bits per heavy atom. The number of allylic oxidation sites excluding steroid dienone is 3. The van der Waals surface area contributed by atoms with Gasteiger partial charge in [0.25, 0.3) is 0 Å². The van der Waals surface area contributed by atoms with Crippen LogP contribution in [0.2, 0.25) is 0 Å². The van der Waals surface area contributed by atoms with E-state index in [0.29, 0.717) is 35.6 Å². The molecule has 1 aliphatic rings. The number of carboxylic acid groups (broad SMARTS) is 1. The molecule has 0 bridgehead atoms. The lowest BCUT2D eigenvalue weighted by atomic mass is 9.98. The number of hydrogen-bond donors (Lipinski definition) is 4. The van der Waals surface area contributed by atoms with Crippen LogP contribution in [-0.4, -0.2) is 44.4 Å². The van der Waals surface area contributed by atoms with Crippen LogP contribution in [0.3, 0.4) is 0 Å². The van der Waals surface area contributed by atoms with Gasteiger partial charge in [0.1, 0.15) is 5.76 Å². The van der Waals surface area contributed by atoms with Gasteiger partial charge in [-0.05, 0) is 25.3 Å². The highest BCUT2D eigenvalue weighted by atomic mass is 32.1. The van der Waals surface area contributed by atoms with Crippen LogP contribution in [0.1, 0.15) is 77.6 Å². The van der Waals surface area contributed by atoms with Crippen LogP contribution < -0.4 is 5.32 Å². The van der Waals surface area contributed by atoms with E-state index in [1.807, 2.05) is 13.0 Å². The molecule has 0 spiro atoms. The van der Waals surface area contributed by atoms with E-state index >= 15 is 0 Å². The van der Waals surface area contributed by atoms with E-state index in [2.05, 4.69) is 5.32 Å². The molecule has 0 aromatic carbocycles. The maximum atomic E-state index is 12.4. The average Bonchev–Trinajstić information content (AvgIpc) is 2.70. The fraction of sp³-hybridized carbons (Fsp3) is 0.682. The highest BCUT2D eigenvalue weighted by Crippen LogP contribution is 2.35. The molecule has 0 saturated heterocycles. The number of unbranched alkanes of at least 4 members (excludes halogenated alkanes) is 7. The van der Waals surface area contributed by atoms with Gasteiger partial charge in [0.05, 0.1) is 12.3 Å². The van der Waals surface area contributed by atoms with E-state index < -0.39 is 13.6 Å². The quantitative estimate of drug-likeness (QED) is 0.134. The number of ether oxygens (including phenoxy) is 1. The van der Waals surface area contributed by atoms with Crippen molar-refractivity contribution in [1.29, 1.82) is 0 Å². The van der Waals surface area contributed by atoms with Gasteiger partial charge in [-0.25, -0.2) is 0 Å². The van der Waals surface area contributed by atoms with Crippen molar-refractivity contribution in [3.63, 3.8) is 0 Å². The highest BCUT2D eigenvalue weighted by molar-refractivity contribution is 7.80. The summed E-state index contributed by atoms with van der Waals surface area (Å²) in [7, 11) is -3.86. The molecule has 0 radical (unpaired) electrons. The lowest BCUT2D eigenvalue weighted by Gasteiger charge is -2.22. The van der Waals surface area contributed by atoms with E-state index in [-0.39, 0.29) is 31.0 Å². The Morgan fingerprint density at radius 3 is 2.22 bits per heavy atom. The Balaban J connectivity index is 2.28. The number of rotatable bonds is 17. The third-order valence-electron chi connectivity index (χ3n) is 5.10. The van der Waals surface area contributed by atoms with Crippen molar-refractivity contribution in [1.82, 2.24) is 5.32 Å². The summed E-state index contributed by atoms with van der Waals surface area (Å²) in [5, 5.41) is 11.6. The Bertz CT molecular complexity index is 745. The van der Waals surface area contributed by atoms with E-state index in [4.69, 9.17) is 31.8 Å². The number of thiocarbonyl (C=S) groups is 1. The summed E-state index contributed by atoms with van der Waals surface area (Å²) in [5.74, 6) is -0.507. The molecule has 4 N–H and O–H groups in total. The Labute approximate surface area is 195 Å². The van der Waals surface area contributed by atoms with Gasteiger partial charge in [-0.15, -0.1) is 0 Å². The molecule has 1 rings (SSSR count). The molecule has 1 amide bonds. The Kier molecular flexibility index (Phi) is 13.6. The molecule has 182 valence electrons. The van der Waals surface area contributed by atoms with Gasteiger partial charge in [0.15, 0.2) is 0 Å². The summed E-state index contributed by atoms with van der Waals surface area (Å²) in [4.78, 5) is 41.2. The molecule has 1 atom stereocenters. The first-order chi connectivity index (χ1) is 15.1. The molecule has 0 aliphatic heterocycles. The van der Waals surface area contributed by atoms with Crippen molar-refractivity contribution >= 4 is 36.6 Å². The maximum Gasteiger partial charge on any atom is 0.325 e. The van der Waals surface area contributed by atoms with Crippen LogP contribution in [0.15, 0.2) is 23.6 Å². The number of nitrogens with one attached hydrogen (secondary N) is 1. The number of carbonyl (C=O) groups is 2. The average molecular weight is 490 g/mol. The first-order valence-corrected chi connectivity index (χ1v) is 13.5. The van der Waals surface area contributed by atoms with Crippen molar-refractivity contribution in [2.24, 2.45) is 5.92 Å². The zero-order valence-corrected chi connectivity index (χ0v) is 20.5. The predicted molar refractivity (Wildman–Crippen MR) is 127 cm³/mol. The summed E-state index contributed by atoms with van der Waals surface area (Å²) >= 11 is 5.46. The second-order valence-corrected chi connectivity index (χ2v) is 10.3. The fourth-order valence-corrected chi connectivity index (χ4v) is 4.13. The SMILES string of the molecule is CC1C=CC(OCCCC(=O)O)=C(NC(=O)CCCCCCCCCCP(=O)(O)O)C1=S. The second kappa shape index (κ2) is 15.3. The van der Waals surface area contributed by atoms with Gasteiger partial charge in [0, 0.05) is 29.8 Å². The first kappa shape index (κ1) is 28.5. The molecule has 0 fully saturated rings. The summed E-state index contributed by atoms with van der Waals surface area (Å²) in [5.41, 5.74) is 0.505. The molecular formula is C22H36NO7PS. The van der Waals surface area contributed by atoms with Crippen LogP contribution in [0.5, 0.6) is 0 Å². The van der Waals surface area contributed by atoms with Crippen molar-refractivity contribution in [2.75, 3.05) is 12.8 Å². The molecule has 0 heterocycles. The van der Waals surface area contributed by atoms with Crippen LogP contribution in [-0.2, 0) is 18.9 Å². The third-order valence-corrected chi connectivity index (χ3v) is 6.58. The maximum absolute atomic E-state index is 12.4. The Morgan fingerprint density at radius 1 is 1.03 bits per heavy atom. The number of amides is 1. The van der Waals surface area contributed by atoms with Gasteiger partial charge >= 0.3 is 13.6 Å². The monoisotopic (exact) mass is 489 g/mol. The first-order valence-electron chi connectivity index (χ1n) is 11.3. The topological polar surface area (TPSA) is 133 Å². The molecule has 8 nitrogen and oxygen atoms in total. The van der Waals surface area contributed by atoms with Gasteiger partial charge in [-0.2, -0.15) is 0 Å². The van der Waals surface area contributed by atoms with Crippen LogP contribution in [0.4, 0.5) is 0 Å². The molecule has 10 heteroatoms. The fourth-order valence-electron chi connectivity index (χ4n) is 3.27. The molecule has 0 aromatic heterocycles. The Hall–Kier alpha value is -1.54. The van der Waals surface area contributed by atoms with Crippen LogP contribution in [0.25, 0.3) is 0 Å². The third kappa shape index (κ3) is 13.1. The van der Waals surface area contributed by atoms with Crippen molar-refractivity contribution < 1.29 is 33.8 Å².